The second-order valence-corrected chi connectivity index (χ2v) is 4.85. The molecule has 0 bridgehead atoms. The lowest BCUT2D eigenvalue weighted by Crippen LogP contribution is -2.38. The molecule has 4 heteroatoms. The Morgan fingerprint density at radius 2 is 1.89 bits per heavy atom. The molecule has 102 valence electrons. The first kappa shape index (κ1) is 13.9. The van der Waals surface area contributed by atoms with E-state index in [0.29, 0.717) is 12.2 Å². The van der Waals surface area contributed by atoms with Crippen molar-refractivity contribution in [2.45, 2.75) is 13.8 Å². The number of nitrogens with zero attached hydrogens (tertiary/aromatic N) is 2. The van der Waals surface area contributed by atoms with E-state index >= 15 is 0 Å². The summed E-state index contributed by atoms with van der Waals surface area (Å²) in [6.45, 7) is 9.15. The molecule has 1 saturated heterocycles. The Hall–Kier alpha value is -1.57. The number of morpholine rings is 1. The lowest BCUT2D eigenvalue weighted by molar-refractivity contribution is 0.0322. The summed E-state index contributed by atoms with van der Waals surface area (Å²) in [5.74, 6) is 0.909. The molecular weight excluding hydrogens is 240 g/mol. The van der Waals surface area contributed by atoms with E-state index in [1.54, 1.807) is 0 Å². The zero-order chi connectivity index (χ0) is 13.7. The molecule has 2 rings (SSSR count). The van der Waals surface area contributed by atoms with Crippen LogP contribution >= 0.6 is 0 Å². The molecule has 0 spiro atoms. The van der Waals surface area contributed by atoms with Crippen LogP contribution in [0.4, 0.5) is 0 Å². The van der Waals surface area contributed by atoms with Crippen LogP contribution in [0.15, 0.2) is 12.1 Å². The summed E-state index contributed by atoms with van der Waals surface area (Å²) in [5.41, 5.74) is 2.74. The monoisotopic (exact) mass is 260 g/mol. The number of benzene rings is 1. The van der Waals surface area contributed by atoms with Crippen molar-refractivity contribution in [2.24, 2.45) is 0 Å². The standard InChI is InChI=1S/C15H20N2O2/c1-12-9-14(11-16)10-13(2)15(12)19-8-5-17-3-6-18-7-4-17/h9-10H,3-8H2,1-2H3. The van der Waals surface area contributed by atoms with Gasteiger partial charge in [-0.1, -0.05) is 0 Å². The molecule has 4 nitrogen and oxygen atoms in total. The molecule has 0 unspecified atom stereocenters. The Labute approximate surface area is 114 Å². The molecule has 0 N–H and O–H groups in total. The SMILES string of the molecule is Cc1cc(C#N)cc(C)c1OCCN1CCOCC1. The van der Waals surface area contributed by atoms with Gasteiger partial charge in [0.05, 0.1) is 24.8 Å². The van der Waals surface area contributed by atoms with Gasteiger partial charge in [0.25, 0.3) is 0 Å². The van der Waals surface area contributed by atoms with Gasteiger partial charge in [0, 0.05) is 19.6 Å². The van der Waals surface area contributed by atoms with E-state index in [-0.39, 0.29) is 0 Å². The second-order valence-electron chi connectivity index (χ2n) is 4.85. The Morgan fingerprint density at radius 3 is 2.47 bits per heavy atom. The van der Waals surface area contributed by atoms with E-state index in [2.05, 4.69) is 11.0 Å². The number of rotatable bonds is 4. The van der Waals surface area contributed by atoms with Crippen LogP contribution < -0.4 is 4.74 Å². The molecule has 0 aliphatic carbocycles. The van der Waals surface area contributed by atoms with Crippen LogP contribution in [0.1, 0.15) is 16.7 Å². The van der Waals surface area contributed by atoms with E-state index in [0.717, 1.165) is 49.7 Å². The third kappa shape index (κ3) is 3.69. The summed E-state index contributed by atoms with van der Waals surface area (Å²) in [6.07, 6.45) is 0. The topological polar surface area (TPSA) is 45.5 Å². The van der Waals surface area contributed by atoms with Crippen LogP contribution in [0.25, 0.3) is 0 Å². The average molecular weight is 260 g/mol. The van der Waals surface area contributed by atoms with E-state index in [1.807, 2.05) is 26.0 Å². The minimum absolute atomic E-state index is 0.674. The molecule has 0 aromatic heterocycles. The fraction of sp³-hybridized carbons (Fsp3) is 0.533. The van der Waals surface area contributed by atoms with Crippen molar-refractivity contribution in [2.75, 3.05) is 39.5 Å². The van der Waals surface area contributed by atoms with Gasteiger partial charge in [-0.15, -0.1) is 0 Å². The van der Waals surface area contributed by atoms with Gasteiger partial charge in [-0.3, -0.25) is 4.90 Å². The minimum atomic E-state index is 0.674. The van der Waals surface area contributed by atoms with E-state index in [1.165, 1.54) is 0 Å². The molecule has 0 atom stereocenters. The zero-order valence-corrected chi connectivity index (χ0v) is 11.6. The molecule has 0 saturated carbocycles. The summed E-state index contributed by atoms with van der Waals surface area (Å²) in [4.78, 5) is 2.35. The first-order valence-corrected chi connectivity index (χ1v) is 6.65. The summed E-state index contributed by atoms with van der Waals surface area (Å²) >= 11 is 0. The summed E-state index contributed by atoms with van der Waals surface area (Å²) < 4.78 is 11.2. The summed E-state index contributed by atoms with van der Waals surface area (Å²) in [7, 11) is 0. The van der Waals surface area contributed by atoms with Crippen LogP contribution in [-0.2, 0) is 4.74 Å². The first-order valence-electron chi connectivity index (χ1n) is 6.65. The third-order valence-electron chi connectivity index (χ3n) is 3.35. The van der Waals surface area contributed by atoms with Gasteiger partial charge in [-0.05, 0) is 37.1 Å². The van der Waals surface area contributed by atoms with Crippen molar-refractivity contribution < 1.29 is 9.47 Å². The van der Waals surface area contributed by atoms with Crippen molar-refractivity contribution in [3.8, 4) is 11.8 Å². The van der Waals surface area contributed by atoms with Gasteiger partial charge < -0.3 is 9.47 Å². The normalized spacial score (nSPS) is 16.1. The number of nitriles is 1. The van der Waals surface area contributed by atoms with Crippen LogP contribution in [0.3, 0.4) is 0 Å². The van der Waals surface area contributed by atoms with E-state index < -0.39 is 0 Å². The van der Waals surface area contributed by atoms with Crippen molar-refractivity contribution in [1.29, 1.82) is 5.26 Å². The Kier molecular flexibility index (Phi) is 4.78. The lowest BCUT2D eigenvalue weighted by atomic mass is 10.1. The number of aryl methyl sites for hydroxylation is 2. The fourth-order valence-corrected chi connectivity index (χ4v) is 2.34. The Balaban J connectivity index is 1.90. The highest BCUT2D eigenvalue weighted by atomic mass is 16.5. The van der Waals surface area contributed by atoms with Gasteiger partial charge in [0.1, 0.15) is 12.4 Å². The quantitative estimate of drug-likeness (QED) is 0.829. The lowest BCUT2D eigenvalue weighted by Gasteiger charge is -2.26. The highest BCUT2D eigenvalue weighted by molar-refractivity contribution is 5.47. The van der Waals surface area contributed by atoms with Gasteiger partial charge in [0.15, 0.2) is 0 Å². The van der Waals surface area contributed by atoms with Crippen molar-refractivity contribution in [3.05, 3.63) is 28.8 Å². The Morgan fingerprint density at radius 1 is 1.26 bits per heavy atom. The summed E-state index contributed by atoms with van der Waals surface area (Å²) in [5, 5.41) is 8.91. The first-order chi connectivity index (χ1) is 9.20. The van der Waals surface area contributed by atoms with Crippen molar-refractivity contribution in [1.82, 2.24) is 4.90 Å². The van der Waals surface area contributed by atoms with Crippen LogP contribution in [0, 0.1) is 25.2 Å². The predicted octanol–water partition coefficient (Wildman–Crippen LogP) is 1.89. The van der Waals surface area contributed by atoms with Crippen molar-refractivity contribution in [3.63, 3.8) is 0 Å². The number of hydrogen-bond donors (Lipinski definition) is 0. The maximum Gasteiger partial charge on any atom is 0.125 e. The Bertz CT molecular complexity index is 451. The highest BCUT2D eigenvalue weighted by Gasteiger charge is 2.11. The van der Waals surface area contributed by atoms with Crippen molar-refractivity contribution >= 4 is 0 Å². The fourth-order valence-electron chi connectivity index (χ4n) is 2.34. The third-order valence-corrected chi connectivity index (χ3v) is 3.35. The second kappa shape index (κ2) is 6.55. The van der Waals surface area contributed by atoms with Crippen LogP contribution in [0.2, 0.25) is 0 Å². The molecule has 19 heavy (non-hydrogen) atoms. The van der Waals surface area contributed by atoms with Crippen LogP contribution in [0.5, 0.6) is 5.75 Å². The highest BCUT2D eigenvalue weighted by Crippen LogP contribution is 2.24. The maximum atomic E-state index is 8.91. The molecule has 0 radical (unpaired) electrons. The molecule has 1 aromatic rings. The number of ether oxygens (including phenoxy) is 2. The summed E-state index contributed by atoms with van der Waals surface area (Å²) in [6, 6.07) is 5.91. The van der Waals surface area contributed by atoms with E-state index in [4.69, 9.17) is 14.7 Å². The largest absolute Gasteiger partial charge is 0.492 e. The molecule has 1 fully saturated rings. The zero-order valence-electron chi connectivity index (χ0n) is 11.6. The van der Waals surface area contributed by atoms with Gasteiger partial charge in [0.2, 0.25) is 0 Å². The van der Waals surface area contributed by atoms with Gasteiger partial charge >= 0.3 is 0 Å². The molecular formula is C15H20N2O2. The number of hydrogen-bond acceptors (Lipinski definition) is 4. The average Bonchev–Trinajstić information content (AvgIpc) is 2.42. The van der Waals surface area contributed by atoms with E-state index in [9.17, 15) is 0 Å². The molecule has 1 aliphatic rings. The predicted molar refractivity (Wildman–Crippen MR) is 73.4 cm³/mol. The van der Waals surface area contributed by atoms with Crippen LogP contribution in [-0.4, -0.2) is 44.4 Å². The van der Waals surface area contributed by atoms with Gasteiger partial charge in [-0.2, -0.15) is 5.26 Å². The molecule has 1 aliphatic heterocycles. The molecule has 1 aromatic carbocycles. The smallest absolute Gasteiger partial charge is 0.125 e. The maximum absolute atomic E-state index is 8.91. The minimum Gasteiger partial charge on any atom is -0.492 e. The molecule has 0 amide bonds. The molecule has 1 heterocycles. The van der Waals surface area contributed by atoms with Gasteiger partial charge in [-0.25, -0.2) is 0 Å².